The average molecular weight is 273 g/mol. The standard InChI is InChI=1S/C16H23N3O/c17-11-15-14-4-2-1-3-12(14)7-9-19(15)10-8-16(20)18-13-5-6-13/h1-4,13,15H,5-11,17H2,(H,18,20). The van der Waals surface area contributed by atoms with Crippen molar-refractivity contribution in [2.24, 2.45) is 5.73 Å². The van der Waals surface area contributed by atoms with Gasteiger partial charge in [0.1, 0.15) is 0 Å². The van der Waals surface area contributed by atoms with Crippen molar-refractivity contribution in [2.75, 3.05) is 19.6 Å². The number of carbonyl (C=O) groups is 1. The van der Waals surface area contributed by atoms with Gasteiger partial charge in [-0.25, -0.2) is 0 Å². The van der Waals surface area contributed by atoms with Gasteiger partial charge in [0.15, 0.2) is 0 Å². The van der Waals surface area contributed by atoms with E-state index < -0.39 is 0 Å². The molecule has 4 heteroatoms. The van der Waals surface area contributed by atoms with Crippen molar-refractivity contribution in [1.82, 2.24) is 10.2 Å². The van der Waals surface area contributed by atoms with Gasteiger partial charge in [-0.15, -0.1) is 0 Å². The largest absolute Gasteiger partial charge is 0.353 e. The summed E-state index contributed by atoms with van der Waals surface area (Å²) >= 11 is 0. The van der Waals surface area contributed by atoms with Crippen molar-refractivity contribution in [3.63, 3.8) is 0 Å². The molecule has 1 aliphatic carbocycles. The fraction of sp³-hybridized carbons (Fsp3) is 0.562. The highest BCUT2D eigenvalue weighted by Crippen LogP contribution is 2.28. The predicted octanol–water partition coefficient (Wildman–Crippen LogP) is 1.21. The predicted molar refractivity (Wildman–Crippen MR) is 79.3 cm³/mol. The summed E-state index contributed by atoms with van der Waals surface area (Å²) in [6, 6.07) is 9.23. The van der Waals surface area contributed by atoms with Crippen LogP contribution in [-0.4, -0.2) is 36.5 Å². The average Bonchev–Trinajstić information content (AvgIpc) is 3.28. The van der Waals surface area contributed by atoms with Crippen molar-refractivity contribution in [3.05, 3.63) is 35.4 Å². The Hall–Kier alpha value is -1.39. The fourth-order valence-corrected chi connectivity index (χ4v) is 3.02. The summed E-state index contributed by atoms with van der Waals surface area (Å²) in [6.07, 6.45) is 3.93. The van der Waals surface area contributed by atoms with Gasteiger partial charge < -0.3 is 11.1 Å². The summed E-state index contributed by atoms with van der Waals surface area (Å²) in [6.45, 7) is 2.41. The van der Waals surface area contributed by atoms with Crippen LogP contribution in [-0.2, 0) is 11.2 Å². The Morgan fingerprint density at radius 2 is 2.15 bits per heavy atom. The Bertz CT molecular complexity index is 484. The van der Waals surface area contributed by atoms with Gasteiger partial charge in [0.2, 0.25) is 5.91 Å². The quantitative estimate of drug-likeness (QED) is 0.848. The van der Waals surface area contributed by atoms with Crippen molar-refractivity contribution in [2.45, 2.75) is 37.8 Å². The smallest absolute Gasteiger partial charge is 0.221 e. The number of amides is 1. The van der Waals surface area contributed by atoms with Crippen molar-refractivity contribution in [3.8, 4) is 0 Å². The van der Waals surface area contributed by atoms with Gasteiger partial charge >= 0.3 is 0 Å². The lowest BCUT2D eigenvalue weighted by molar-refractivity contribution is -0.121. The number of fused-ring (bicyclic) bond motifs is 1. The summed E-state index contributed by atoms with van der Waals surface area (Å²) in [5, 5.41) is 3.05. The van der Waals surface area contributed by atoms with Crippen LogP contribution in [0.15, 0.2) is 24.3 Å². The number of rotatable bonds is 5. The molecule has 20 heavy (non-hydrogen) atoms. The minimum atomic E-state index is 0.183. The second-order valence-electron chi connectivity index (χ2n) is 5.83. The summed E-state index contributed by atoms with van der Waals surface area (Å²) in [5.74, 6) is 0.183. The Balaban J connectivity index is 1.60. The Labute approximate surface area is 120 Å². The van der Waals surface area contributed by atoms with Crippen LogP contribution in [0.1, 0.15) is 36.4 Å². The maximum absolute atomic E-state index is 11.8. The molecule has 3 rings (SSSR count). The minimum absolute atomic E-state index is 0.183. The first kappa shape index (κ1) is 13.6. The van der Waals surface area contributed by atoms with Gasteiger partial charge in [-0.1, -0.05) is 24.3 Å². The van der Waals surface area contributed by atoms with E-state index in [0.717, 1.165) is 32.4 Å². The SMILES string of the molecule is NCC1c2ccccc2CCN1CCC(=O)NC1CC1. The molecular weight excluding hydrogens is 250 g/mol. The zero-order valence-electron chi connectivity index (χ0n) is 11.8. The van der Waals surface area contributed by atoms with Gasteiger partial charge in [-0.05, 0) is 30.4 Å². The zero-order valence-corrected chi connectivity index (χ0v) is 11.8. The van der Waals surface area contributed by atoms with Crippen molar-refractivity contribution >= 4 is 5.91 Å². The van der Waals surface area contributed by atoms with Crippen LogP contribution in [0, 0.1) is 0 Å². The Morgan fingerprint density at radius 3 is 2.90 bits per heavy atom. The van der Waals surface area contributed by atoms with Crippen LogP contribution in [0.3, 0.4) is 0 Å². The molecule has 0 spiro atoms. The normalized spacial score (nSPS) is 22.4. The molecule has 1 amide bonds. The molecule has 1 aromatic carbocycles. The van der Waals surface area contributed by atoms with Crippen LogP contribution in [0.2, 0.25) is 0 Å². The van der Waals surface area contributed by atoms with E-state index in [1.807, 2.05) is 0 Å². The fourth-order valence-electron chi connectivity index (χ4n) is 3.02. The molecule has 1 saturated carbocycles. The lowest BCUT2D eigenvalue weighted by Gasteiger charge is -2.36. The second kappa shape index (κ2) is 5.94. The van der Waals surface area contributed by atoms with Crippen molar-refractivity contribution in [1.29, 1.82) is 0 Å². The molecule has 4 nitrogen and oxygen atoms in total. The van der Waals surface area contributed by atoms with E-state index in [-0.39, 0.29) is 11.9 Å². The van der Waals surface area contributed by atoms with Crippen molar-refractivity contribution < 1.29 is 4.79 Å². The molecule has 0 radical (unpaired) electrons. The monoisotopic (exact) mass is 273 g/mol. The number of benzene rings is 1. The molecule has 0 bridgehead atoms. The second-order valence-corrected chi connectivity index (χ2v) is 5.83. The Kier molecular flexibility index (Phi) is 4.03. The first-order valence-corrected chi connectivity index (χ1v) is 7.59. The molecule has 2 aliphatic rings. The maximum atomic E-state index is 11.8. The molecule has 108 valence electrons. The molecule has 3 N–H and O–H groups in total. The third-order valence-electron chi connectivity index (χ3n) is 4.32. The molecule has 1 heterocycles. The van der Waals surface area contributed by atoms with Crippen LogP contribution < -0.4 is 11.1 Å². The zero-order chi connectivity index (χ0) is 13.9. The van der Waals surface area contributed by atoms with Gasteiger partial charge in [-0.3, -0.25) is 9.69 Å². The molecular formula is C16H23N3O. The molecule has 1 fully saturated rings. The molecule has 1 unspecified atom stereocenters. The Morgan fingerprint density at radius 1 is 1.35 bits per heavy atom. The summed E-state index contributed by atoms with van der Waals surface area (Å²) in [7, 11) is 0. The molecule has 1 atom stereocenters. The minimum Gasteiger partial charge on any atom is -0.353 e. The van der Waals surface area contributed by atoms with E-state index in [2.05, 4.69) is 34.5 Å². The lowest BCUT2D eigenvalue weighted by atomic mass is 9.92. The van der Waals surface area contributed by atoms with E-state index in [4.69, 9.17) is 5.73 Å². The first-order valence-electron chi connectivity index (χ1n) is 7.59. The van der Waals surface area contributed by atoms with Crippen LogP contribution >= 0.6 is 0 Å². The van der Waals surface area contributed by atoms with E-state index in [0.29, 0.717) is 19.0 Å². The molecule has 0 saturated heterocycles. The van der Waals surface area contributed by atoms with Crippen LogP contribution in [0.5, 0.6) is 0 Å². The third kappa shape index (κ3) is 3.02. The summed E-state index contributed by atoms with van der Waals surface area (Å²) in [4.78, 5) is 14.2. The number of nitrogens with one attached hydrogen (secondary N) is 1. The van der Waals surface area contributed by atoms with Gasteiger partial charge in [-0.2, -0.15) is 0 Å². The van der Waals surface area contributed by atoms with Crippen LogP contribution in [0.25, 0.3) is 0 Å². The van der Waals surface area contributed by atoms with E-state index in [9.17, 15) is 4.79 Å². The summed E-state index contributed by atoms with van der Waals surface area (Å²) < 4.78 is 0. The number of hydrogen-bond donors (Lipinski definition) is 2. The number of nitrogens with two attached hydrogens (primary N) is 1. The highest BCUT2D eigenvalue weighted by atomic mass is 16.1. The van der Waals surface area contributed by atoms with E-state index in [1.165, 1.54) is 11.1 Å². The van der Waals surface area contributed by atoms with E-state index in [1.54, 1.807) is 0 Å². The lowest BCUT2D eigenvalue weighted by Crippen LogP contribution is -2.41. The van der Waals surface area contributed by atoms with Crippen LogP contribution in [0.4, 0.5) is 0 Å². The number of nitrogens with zero attached hydrogens (tertiary/aromatic N) is 1. The highest BCUT2D eigenvalue weighted by molar-refractivity contribution is 5.76. The molecule has 0 aromatic heterocycles. The van der Waals surface area contributed by atoms with E-state index >= 15 is 0 Å². The van der Waals surface area contributed by atoms with Gasteiger partial charge in [0, 0.05) is 38.1 Å². The third-order valence-corrected chi connectivity index (χ3v) is 4.32. The first-order chi connectivity index (χ1) is 9.78. The summed E-state index contributed by atoms with van der Waals surface area (Å²) in [5.41, 5.74) is 8.70. The number of hydrogen-bond acceptors (Lipinski definition) is 3. The topological polar surface area (TPSA) is 58.4 Å². The van der Waals surface area contributed by atoms with Gasteiger partial charge in [0.25, 0.3) is 0 Å². The van der Waals surface area contributed by atoms with Gasteiger partial charge in [0.05, 0.1) is 0 Å². The highest BCUT2D eigenvalue weighted by Gasteiger charge is 2.27. The molecule has 1 aromatic rings. The number of carbonyl (C=O) groups excluding carboxylic acids is 1. The maximum Gasteiger partial charge on any atom is 0.221 e. The molecule has 1 aliphatic heterocycles.